The molecule has 2 rings (SSSR count). The van der Waals surface area contributed by atoms with Gasteiger partial charge in [0.2, 0.25) is 0 Å². The number of ether oxygens (including phenoxy) is 1. The standard InChI is InChI=1S/C17H20N2OS/c1-3-13-8-10-15(11-9-13)19-17(21)18-12-14-6-4-5-7-16(14)20-2/h4-11H,3,12H2,1-2H3,(H2,18,19,21). The predicted molar refractivity (Wildman–Crippen MR) is 91.9 cm³/mol. The van der Waals surface area contributed by atoms with Crippen LogP contribution in [0.25, 0.3) is 0 Å². The molecule has 0 aliphatic rings. The molecule has 0 amide bonds. The van der Waals surface area contributed by atoms with Crippen LogP contribution >= 0.6 is 12.2 Å². The van der Waals surface area contributed by atoms with Gasteiger partial charge in [0, 0.05) is 17.8 Å². The van der Waals surface area contributed by atoms with Crippen LogP contribution in [0.1, 0.15) is 18.1 Å². The first kappa shape index (κ1) is 15.3. The Labute approximate surface area is 131 Å². The van der Waals surface area contributed by atoms with Crippen molar-refractivity contribution in [3.05, 3.63) is 59.7 Å². The van der Waals surface area contributed by atoms with Gasteiger partial charge in [0.1, 0.15) is 5.75 Å². The van der Waals surface area contributed by atoms with Crippen molar-refractivity contribution in [2.45, 2.75) is 19.9 Å². The molecule has 21 heavy (non-hydrogen) atoms. The monoisotopic (exact) mass is 300 g/mol. The lowest BCUT2D eigenvalue weighted by atomic mass is 10.1. The van der Waals surface area contributed by atoms with E-state index in [9.17, 15) is 0 Å². The summed E-state index contributed by atoms with van der Waals surface area (Å²) in [5.41, 5.74) is 3.38. The van der Waals surface area contributed by atoms with Crippen LogP contribution in [0.3, 0.4) is 0 Å². The number of hydrogen-bond acceptors (Lipinski definition) is 2. The Morgan fingerprint density at radius 2 is 1.81 bits per heavy atom. The van der Waals surface area contributed by atoms with Gasteiger partial charge >= 0.3 is 0 Å². The lowest BCUT2D eigenvalue weighted by molar-refractivity contribution is 0.409. The quantitative estimate of drug-likeness (QED) is 0.824. The van der Waals surface area contributed by atoms with E-state index in [1.807, 2.05) is 36.4 Å². The molecule has 0 saturated heterocycles. The number of aryl methyl sites for hydroxylation is 1. The lowest BCUT2D eigenvalue weighted by Gasteiger charge is -2.13. The van der Waals surface area contributed by atoms with E-state index in [0.717, 1.165) is 23.4 Å². The molecule has 2 aromatic carbocycles. The van der Waals surface area contributed by atoms with Crippen LogP contribution in [-0.2, 0) is 13.0 Å². The van der Waals surface area contributed by atoms with Crippen LogP contribution in [0.4, 0.5) is 5.69 Å². The first-order chi connectivity index (χ1) is 10.2. The number of hydrogen-bond donors (Lipinski definition) is 2. The van der Waals surface area contributed by atoms with Crippen molar-refractivity contribution < 1.29 is 4.74 Å². The molecule has 0 bridgehead atoms. The number of methoxy groups -OCH3 is 1. The van der Waals surface area contributed by atoms with Gasteiger partial charge in [0.25, 0.3) is 0 Å². The maximum atomic E-state index is 5.32. The molecule has 0 unspecified atom stereocenters. The van der Waals surface area contributed by atoms with Crippen molar-refractivity contribution in [1.82, 2.24) is 5.32 Å². The molecule has 4 heteroatoms. The van der Waals surface area contributed by atoms with Gasteiger partial charge in [-0.15, -0.1) is 0 Å². The summed E-state index contributed by atoms with van der Waals surface area (Å²) in [5, 5.41) is 6.97. The number of para-hydroxylation sites is 1. The highest BCUT2D eigenvalue weighted by molar-refractivity contribution is 7.80. The van der Waals surface area contributed by atoms with E-state index in [0.29, 0.717) is 11.7 Å². The van der Waals surface area contributed by atoms with Crippen molar-refractivity contribution in [3.63, 3.8) is 0 Å². The molecular weight excluding hydrogens is 280 g/mol. The molecule has 0 aliphatic heterocycles. The molecule has 0 heterocycles. The minimum Gasteiger partial charge on any atom is -0.496 e. The molecule has 110 valence electrons. The molecular formula is C17H20N2OS. The normalized spacial score (nSPS) is 10.0. The average Bonchev–Trinajstić information content (AvgIpc) is 2.54. The Kier molecular flexibility index (Phi) is 5.58. The van der Waals surface area contributed by atoms with Gasteiger partial charge in [0.15, 0.2) is 5.11 Å². The van der Waals surface area contributed by atoms with Crippen LogP contribution < -0.4 is 15.4 Å². The molecule has 0 radical (unpaired) electrons. The van der Waals surface area contributed by atoms with Crippen molar-refractivity contribution in [2.75, 3.05) is 12.4 Å². The van der Waals surface area contributed by atoms with E-state index in [-0.39, 0.29) is 0 Å². The zero-order valence-electron chi connectivity index (χ0n) is 12.3. The average molecular weight is 300 g/mol. The third kappa shape index (κ3) is 4.46. The molecule has 0 aliphatic carbocycles. The molecule has 0 saturated carbocycles. The van der Waals surface area contributed by atoms with Gasteiger partial charge in [-0.1, -0.05) is 37.3 Å². The van der Waals surface area contributed by atoms with E-state index >= 15 is 0 Å². The van der Waals surface area contributed by atoms with Gasteiger partial charge in [0.05, 0.1) is 7.11 Å². The summed E-state index contributed by atoms with van der Waals surface area (Å²) in [6, 6.07) is 16.2. The first-order valence-corrected chi connectivity index (χ1v) is 7.39. The minimum atomic E-state index is 0.602. The van der Waals surface area contributed by atoms with Gasteiger partial charge in [-0.2, -0.15) is 0 Å². The summed E-state index contributed by atoms with van der Waals surface area (Å²) >= 11 is 5.31. The summed E-state index contributed by atoms with van der Waals surface area (Å²) in [6.45, 7) is 2.77. The van der Waals surface area contributed by atoms with Crippen molar-refractivity contribution in [1.29, 1.82) is 0 Å². The maximum Gasteiger partial charge on any atom is 0.171 e. The SMILES string of the molecule is CCc1ccc(NC(=S)NCc2ccccc2OC)cc1. The second-order valence-electron chi connectivity index (χ2n) is 4.67. The highest BCUT2D eigenvalue weighted by Gasteiger charge is 2.03. The third-order valence-electron chi connectivity index (χ3n) is 3.25. The van der Waals surface area contributed by atoms with E-state index in [1.54, 1.807) is 7.11 Å². The molecule has 0 fully saturated rings. The summed E-state index contributed by atoms with van der Waals surface area (Å²) in [4.78, 5) is 0. The third-order valence-corrected chi connectivity index (χ3v) is 3.50. The van der Waals surface area contributed by atoms with E-state index in [1.165, 1.54) is 5.56 Å². The van der Waals surface area contributed by atoms with Gasteiger partial charge < -0.3 is 15.4 Å². The Balaban J connectivity index is 1.89. The molecule has 0 aromatic heterocycles. The minimum absolute atomic E-state index is 0.602. The lowest BCUT2D eigenvalue weighted by Crippen LogP contribution is -2.28. The fraction of sp³-hybridized carbons (Fsp3) is 0.235. The zero-order chi connectivity index (χ0) is 15.1. The number of benzene rings is 2. The van der Waals surface area contributed by atoms with Gasteiger partial charge in [-0.3, -0.25) is 0 Å². The largest absolute Gasteiger partial charge is 0.496 e. The van der Waals surface area contributed by atoms with Crippen LogP contribution in [0, 0.1) is 0 Å². The number of nitrogens with one attached hydrogen (secondary N) is 2. The summed E-state index contributed by atoms with van der Waals surface area (Å²) < 4.78 is 5.32. The van der Waals surface area contributed by atoms with Crippen LogP contribution in [0.15, 0.2) is 48.5 Å². The summed E-state index contributed by atoms with van der Waals surface area (Å²) in [6.07, 6.45) is 1.04. The molecule has 0 atom stereocenters. The zero-order valence-corrected chi connectivity index (χ0v) is 13.2. The number of anilines is 1. The second kappa shape index (κ2) is 7.64. The molecule has 2 aromatic rings. The molecule has 2 N–H and O–H groups in total. The van der Waals surface area contributed by atoms with Crippen molar-refractivity contribution >= 4 is 23.0 Å². The Morgan fingerprint density at radius 3 is 2.48 bits per heavy atom. The highest BCUT2D eigenvalue weighted by Crippen LogP contribution is 2.16. The van der Waals surface area contributed by atoms with Crippen molar-refractivity contribution in [3.8, 4) is 5.75 Å². The Morgan fingerprint density at radius 1 is 1.10 bits per heavy atom. The van der Waals surface area contributed by atoms with Crippen LogP contribution in [0.5, 0.6) is 5.75 Å². The summed E-state index contributed by atoms with van der Waals surface area (Å²) in [7, 11) is 1.67. The fourth-order valence-electron chi connectivity index (χ4n) is 2.02. The topological polar surface area (TPSA) is 33.3 Å². The van der Waals surface area contributed by atoms with Gasteiger partial charge in [-0.05, 0) is 42.4 Å². The van der Waals surface area contributed by atoms with E-state index in [2.05, 4.69) is 29.7 Å². The van der Waals surface area contributed by atoms with E-state index < -0.39 is 0 Å². The predicted octanol–water partition coefficient (Wildman–Crippen LogP) is 3.74. The molecule has 0 spiro atoms. The van der Waals surface area contributed by atoms with Crippen LogP contribution in [-0.4, -0.2) is 12.2 Å². The maximum absolute atomic E-state index is 5.32. The fourth-order valence-corrected chi connectivity index (χ4v) is 2.21. The van der Waals surface area contributed by atoms with Crippen molar-refractivity contribution in [2.24, 2.45) is 0 Å². The number of rotatable bonds is 5. The van der Waals surface area contributed by atoms with Crippen LogP contribution in [0.2, 0.25) is 0 Å². The first-order valence-electron chi connectivity index (χ1n) is 6.98. The molecule has 3 nitrogen and oxygen atoms in total. The smallest absolute Gasteiger partial charge is 0.171 e. The van der Waals surface area contributed by atoms with E-state index in [4.69, 9.17) is 17.0 Å². The second-order valence-corrected chi connectivity index (χ2v) is 5.08. The summed E-state index contributed by atoms with van der Waals surface area (Å²) in [5.74, 6) is 0.861. The highest BCUT2D eigenvalue weighted by atomic mass is 32.1. The van der Waals surface area contributed by atoms with Gasteiger partial charge in [-0.25, -0.2) is 0 Å². The number of thiocarbonyl (C=S) groups is 1. The Hall–Kier alpha value is -2.07. The Bertz CT molecular complexity index is 596.